The fourth-order valence-corrected chi connectivity index (χ4v) is 3.38. The highest BCUT2D eigenvalue weighted by molar-refractivity contribution is 7.99. The highest BCUT2D eigenvalue weighted by Gasteiger charge is 2.25. The monoisotopic (exact) mass is 318 g/mol. The quantitative estimate of drug-likeness (QED) is 0.869. The average Bonchev–Trinajstić information content (AvgIpc) is 2.47. The lowest BCUT2D eigenvalue weighted by Gasteiger charge is -2.30. The van der Waals surface area contributed by atoms with Crippen molar-refractivity contribution in [3.8, 4) is 0 Å². The molecule has 2 heterocycles. The van der Waals surface area contributed by atoms with Gasteiger partial charge >= 0.3 is 0 Å². The SMILES string of the molecule is COCN1c2cc(CC(N)=S)ccc2Sc2nccnc21. The summed E-state index contributed by atoms with van der Waals surface area (Å²) >= 11 is 6.59. The van der Waals surface area contributed by atoms with Crippen LogP contribution >= 0.6 is 24.0 Å². The zero-order chi connectivity index (χ0) is 14.8. The number of anilines is 2. The van der Waals surface area contributed by atoms with Crippen LogP contribution in [0.3, 0.4) is 0 Å². The molecule has 0 amide bonds. The van der Waals surface area contributed by atoms with Gasteiger partial charge in [0.05, 0.1) is 10.7 Å². The van der Waals surface area contributed by atoms with Crippen molar-refractivity contribution >= 4 is 40.5 Å². The number of nitrogens with zero attached hydrogens (tertiary/aromatic N) is 3. The lowest BCUT2D eigenvalue weighted by atomic mass is 10.1. The lowest BCUT2D eigenvalue weighted by Crippen LogP contribution is -2.25. The highest BCUT2D eigenvalue weighted by Crippen LogP contribution is 2.46. The van der Waals surface area contributed by atoms with Crippen LogP contribution in [0, 0.1) is 0 Å². The number of benzene rings is 1. The zero-order valence-corrected chi connectivity index (χ0v) is 13.1. The van der Waals surface area contributed by atoms with Gasteiger partial charge in [-0.1, -0.05) is 30.0 Å². The summed E-state index contributed by atoms with van der Waals surface area (Å²) in [4.78, 5) is 12.4. The molecule has 3 rings (SSSR count). The second kappa shape index (κ2) is 5.97. The fraction of sp³-hybridized carbons (Fsp3) is 0.214. The highest BCUT2D eigenvalue weighted by atomic mass is 32.2. The molecular weight excluding hydrogens is 304 g/mol. The minimum atomic E-state index is 0.412. The van der Waals surface area contributed by atoms with Gasteiger partial charge in [-0.25, -0.2) is 9.97 Å². The molecule has 1 aliphatic heterocycles. The van der Waals surface area contributed by atoms with Crippen molar-refractivity contribution in [2.45, 2.75) is 16.3 Å². The number of thiocarbonyl (C=S) groups is 1. The zero-order valence-electron chi connectivity index (χ0n) is 11.4. The van der Waals surface area contributed by atoms with Crippen molar-refractivity contribution in [1.29, 1.82) is 0 Å². The number of fused-ring (bicyclic) bond motifs is 2. The number of hydrogen-bond donors (Lipinski definition) is 1. The average molecular weight is 318 g/mol. The van der Waals surface area contributed by atoms with Gasteiger partial charge in [-0.15, -0.1) is 0 Å². The first-order chi connectivity index (χ1) is 10.2. The fourth-order valence-electron chi connectivity index (χ4n) is 2.22. The molecular formula is C14H14N4OS2. The maximum atomic E-state index is 5.64. The molecule has 0 saturated heterocycles. The minimum absolute atomic E-state index is 0.412. The molecule has 1 aromatic carbocycles. The Hall–Kier alpha value is -1.70. The van der Waals surface area contributed by atoms with E-state index in [2.05, 4.69) is 22.1 Å². The molecule has 1 aliphatic rings. The van der Waals surface area contributed by atoms with E-state index >= 15 is 0 Å². The van der Waals surface area contributed by atoms with Crippen LogP contribution < -0.4 is 10.6 Å². The molecule has 0 aliphatic carbocycles. The van der Waals surface area contributed by atoms with E-state index < -0.39 is 0 Å². The van der Waals surface area contributed by atoms with Gasteiger partial charge in [0, 0.05) is 30.8 Å². The summed E-state index contributed by atoms with van der Waals surface area (Å²) < 4.78 is 5.31. The van der Waals surface area contributed by atoms with Gasteiger partial charge in [0.25, 0.3) is 0 Å². The van der Waals surface area contributed by atoms with Crippen LogP contribution in [0.2, 0.25) is 0 Å². The molecule has 1 aromatic heterocycles. The van der Waals surface area contributed by atoms with Gasteiger partial charge in [-0.2, -0.15) is 0 Å². The summed E-state index contributed by atoms with van der Waals surface area (Å²) in [5.41, 5.74) is 7.76. The summed E-state index contributed by atoms with van der Waals surface area (Å²) in [5, 5.41) is 0.879. The molecule has 21 heavy (non-hydrogen) atoms. The van der Waals surface area contributed by atoms with Gasteiger partial charge < -0.3 is 10.5 Å². The Kier molecular flexibility index (Phi) is 4.05. The number of aromatic nitrogens is 2. The Balaban J connectivity index is 2.05. The molecule has 0 fully saturated rings. The largest absolute Gasteiger partial charge is 0.393 e. The lowest BCUT2D eigenvalue weighted by molar-refractivity contribution is 0.204. The molecule has 108 valence electrons. The van der Waals surface area contributed by atoms with Crippen LogP contribution in [0.25, 0.3) is 0 Å². The smallest absolute Gasteiger partial charge is 0.168 e. The summed E-state index contributed by atoms with van der Waals surface area (Å²) in [5.74, 6) is 0.810. The third-order valence-corrected chi connectivity index (χ3v) is 4.25. The molecule has 0 saturated carbocycles. The Bertz CT molecular complexity index is 692. The topological polar surface area (TPSA) is 64.3 Å². The molecule has 5 nitrogen and oxygen atoms in total. The minimum Gasteiger partial charge on any atom is -0.393 e. The number of ether oxygens (including phenoxy) is 1. The normalized spacial score (nSPS) is 12.7. The van der Waals surface area contributed by atoms with Crippen molar-refractivity contribution in [2.24, 2.45) is 5.73 Å². The first kappa shape index (κ1) is 14.2. The van der Waals surface area contributed by atoms with Crippen LogP contribution in [0.15, 0.2) is 40.5 Å². The van der Waals surface area contributed by atoms with E-state index in [0.717, 1.165) is 27.0 Å². The molecule has 0 unspecified atom stereocenters. The van der Waals surface area contributed by atoms with Crippen molar-refractivity contribution in [2.75, 3.05) is 18.7 Å². The van der Waals surface area contributed by atoms with E-state index in [-0.39, 0.29) is 0 Å². The molecule has 0 radical (unpaired) electrons. The standard InChI is InChI=1S/C14H14N4OS2/c1-19-8-18-10-6-9(7-12(15)20)2-3-11(10)21-14-13(18)16-4-5-17-14/h2-6H,7-8H2,1H3,(H2,15,20). The number of rotatable bonds is 4. The number of hydrogen-bond acceptors (Lipinski definition) is 6. The van der Waals surface area contributed by atoms with Gasteiger partial charge in [-0.3, -0.25) is 4.90 Å². The predicted octanol–water partition coefficient (Wildman–Crippen LogP) is 2.51. The van der Waals surface area contributed by atoms with Gasteiger partial charge in [0.1, 0.15) is 11.8 Å². The molecule has 2 aromatic rings. The first-order valence-corrected chi connectivity index (χ1v) is 7.58. The van der Waals surface area contributed by atoms with Crippen LogP contribution in [0.4, 0.5) is 11.5 Å². The Morgan fingerprint density at radius 2 is 2.19 bits per heavy atom. The van der Waals surface area contributed by atoms with Crippen molar-refractivity contribution in [1.82, 2.24) is 9.97 Å². The summed E-state index contributed by atoms with van der Waals surface area (Å²) in [6.07, 6.45) is 3.97. The van der Waals surface area contributed by atoms with Crippen LogP contribution in [-0.4, -0.2) is 28.8 Å². The van der Waals surface area contributed by atoms with Crippen LogP contribution in [0.1, 0.15) is 5.56 Å². The molecule has 2 N–H and O–H groups in total. The van der Waals surface area contributed by atoms with Gasteiger partial charge in [0.15, 0.2) is 5.82 Å². The Labute approximate surface area is 132 Å². The van der Waals surface area contributed by atoms with Crippen molar-refractivity contribution in [3.05, 3.63) is 36.2 Å². The molecule has 0 bridgehead atoms. The van der Waals surface area contributed by atoms with E-state index in [4.69, 9.17) is 22.7 Å². The van der Waals surface area contributed by atoms with Crippen LogP contribution in [-0.2, 0) is 11.2 Å². The molecule has 0 spiro atoms. The van der Waals surface area contributed by atoms with Gasteiger partial charge in [0.2, 0.25) is 0 Å². The number of methoxy groups -OCH3 is 1. The second-order valence-corrected chi connectivity index (χ2v) is 6.13. The van der Waals surface area contributed by atoms with E-state index in [1.165, 1.54) is 0 Å². The van der Waals surface area contributed by atoms with E-state index in [1.54, 1.807) is 31.3 Å². The number of nitrogens with two attached hydrogens (primary N) is 1. The van der Waals surface area contributed by atoms with E-state index in [9.17, 15) is 0 Å². The second-order valence-electron chi connectivity index (χ2n) is 4.58. The third-order valence-electron chi connectivity index (χ3n) is 3.06. The Morgan fingerprint density at radius 3 is 2.95 bits per heavy atom. The van der Waals surface area contributed by atoms with Crippen molar-refractivity contribution in [3.63, 3.8) is 0 Å². The first-order valence-electron chi connectivity index (χ1n) is 6.35. The maximum absolute atomic E-state index is 5.64. The van der Waals surface area contributed by atoms with E-state index in [0.29, 0.717) is 18.1 Å². The summed E-state index contributed by atoms with van der Waals surface area (Å²) in [6.45, 7) is 0.412. The van der Waals surface area contributed by atoms with Gasteiger partial charge in [-0.05, 0) is 17.7 Å². The predicted molar refractivity (Wildman–Crippen MR) is 87.1 cm³/mol. The molecule has 7 heteroatoms. The summed E-state index contributed by atoms with van der Waals surface area (Å²) in [7, 11) is 1.66. The van der Waals surface area contributed by atoms with Crippen molar-refractivity contribution < 1.29 is 4.74 Å². The Morgan fingerprint density at radius 1 is 1.38 bits per heavy atom. The molecule has 0 atom stereocenters. The van der Waals surface area contributed by atoms with E-state index in [1.807, 2.05) is 11.0 Å². The summed E-state index contributed by atoms with van der Waals surface area (Å²) in [6, 6.07) is 6.18. The third kappa shape index (κ3) is 2.85. The van der Waals surface area contributed by atoms with Crippen LogP contribution in [0.5, 0.6) is 0 Å². The maximum Gasteiger partial charge on any atom is 0.168 e.